The Labute approximate surface area is 184 Å². The van der Waals surface area contributed by atoms with Gasteiger partial charge in [0.15, 0.2) is 0 Å². The maximum absolute atomic E-state index is 12.5. The molecule has 0 unspecified atom stereocenters. The zero-order valence-electron chi connectivity index (χ0n) is 17.4. The molecule has 0 aliphatic rings. The zero-order chi connectivity index (χ0) is 22.9. The van der Waals surface area contributed by atoms with E-state index in [2.05, 4.69) is 15.8 Å². The molecular weight excluding hydrogens is 428 g/mol. The van der Waals surface area contributed by atoms with Crippen LogP contribution in [0.4, 0.5) is 5.69 Å². The van der Waals surface area contributed by atoms with Gasteiger partial charge in [-0.2, -0.15) is 5.26 Å². The van der Waals surface area contributed by atoms with Crippen LogP contribution in [0.1, 0.15) is 12.5 Å². The van der Waals surface area contributed by atoms with Gasteiger partial charge in [0.1, 0.15) is 17.6 Å². The van der Waals surface area contributed by atoms with Crippen LogP contribution in [0.3, 0.4) is 0 Å². The van der Waals surface area contributed by atoms with E-state index >= 15 is 0 Å². The van der Waals surface area contributed by atoms with Crippen LogP contribution in [-0.2, 0) is 17.1 Å². The third-order valence-corrected chi connectivity index (χ3v) is 6.35. The molecule has 9 heteroatoms. The first-order chi connectivity index (χ1) is 15.3. The van der Waals surface area contributed by atoms with Gasteiger partial charge in [-0.1, -0.05) is 12.1 Å². The molecule has 0 aliphatic heterocycles. The molecule has 2 N–H and O–H groups in total. The maximum atomic E-state index is 12.5. The lowest BCUT2D eigenvalue weighted by atomic mass is 10.0. The molecule has 0 atom stereocenters. The van der Waals surface area contributed by atoms with Gasteiger partial charge in [0.2, 0.25) is 10.0 Å². The highest BCUT2D eigenvalue weighted by molar-refractivity contribution is 7.92. The van der Waals surface area contributed by atoms with Crippen molar-refractivity contribution in [2.24, 2.45) is 7.05 Å². The highest BCUT2D eigenvalue weighted by Crippen LogP contribution is 2.38. The van der Waals surface area contributed by atoms with Crippen molar-refractivity contribution in [1.29, 1.82) is 5.26 Å². The number of nitrogens with one attached hydrogen (secondary N) is 2. The molecule has 8 nitrogen and oxygen atoms in total. The average molecular weight is 449 g/mol. The predicted molar refractivity (Wildman–Crippen MR) is 123 cm³/mol. The van der Waals surface area contributed by atoms with Gasteiger partial charge in [0, 0.05) is 36.3 Å². The maximum Gasteiger partial charge on any atom is 0.259 e. The number of sulfonamides is 1. The number of H-pyrrole nitrogens is 1. The van der Waals surface area contributed by atoms with E-state index in [-0.39, 0.29) is 11.3 Å². The average Bonchev–Trinajstić information content (AvgIpc) is 3.28. The number of ether oxygens (including phenoxy) is 1. The molecule has 0 amide bonds. The third kappa shape index (κ3) is 3.96. The topological polar surface area (TPSA) is 117 Å². The Balaban J connectivity index is 1.94. The molecule has 0 fully saturated rings. The van der Waals surface area contributed by atoms with Crippen LogP contribution in [0.2, 0.25) is 0 Å². The third-order valence-electron chi connectivity index (χ3n) is 5.04. The Morgan fingerprint density at radius 3 is 2.66 bits per heavy atom. The van der Waals surface area contributed by atoms with E-state index in [0.29, 0.717) is 44.8 Å². The Bertz CT molecular complexity index is 1530. The van der Waals surface area contributed by atoms with Gasteiger partial charge in [0.25, 0.3) is 5.56 Å². The van der Waals surface area contributed by atoms with Crippen LogP contribution in [-0.4, -0.2) is 23.7 Å². The van der Waals surface area contributed by atoms with Gasteiger partial charge in [-0.3, -0.25) is 9.52 Å². The lowest BCUT2D eigenvalue weighted by Gasteiger charge is -2.16. The van der Waals surface area contributed by atoms with Crippen LogP contribution < -0.4 is 15.0 Å². The van der Waals surface area contributed by atoms with Crippen LogP contribution >= 0.6 is 0 Å². The van der Waals surface area contributed by atoms with Gasteiger partial charge in [-0.05, 0) is 43.3 Å². The number of aromatic nitrogens is 2. The summed E-state index contributed by atoms with van der Waals surface area (Å²) in [6.07, 6.45) is 3.34. The summed E-state index contributed by atoms with van der Waals surface area (Å²) in [5, 5.41) is 9.91. The predicted octanol–water partition coefficient (Wildman–Crippen LogP) is 3.96. The molecular formula is C23H20N4O4S. The summed E-state index contributed by atoms with van der Waals surface area (Å²) < 4.78 is 34.3. The van der Waals surface area contributed by atoms with Crippen molar-refractivity contribution < 1.29 is 13.2 Å². The van der Waals surface area contributed by atoms with E-state index in [0.717, 1.165) is 0 Å². The number of aryl methyl sites for hydroxylation is 1. The van der Waals surface area contributed by atoms with Gasteiger partial charge >= 0.3 is 0 Å². The Hall–Kier alpha value is -4.03. The number of nitriles is 1. The van der Waals surface area contributed by atoms with Crippen LogP contribution in [0.25, 0.3) is 22.0 Å². The van der Waals surface area contributed by atoms with E-state index in [1.54, 1.807) is 74.9 Å². The molecule has 4 aromatic rings. The molecule has 162 valence electrons. The number of anilines is 1. The van der Waals surface area contributed by atoms with Crippen molar-refractivity contribution in [3.63, 3.8) is 0 Å². The Morgan fingerprint density at radius 1 is 1.12 bits per heavy atom. The summed E-state index contributed by atoms with van der Waals surface area (Å²) in [4.78, 5) is 15.6. The first kappa shape index (κ1) is 21.2. The number of para-hydroxylation sites is 1. The van der Waals surface area contributed by atoms with E-state index < -0.39 is 10.0 Å². The fourth-order valence-corrected chi connectivity index (χ4v) is 4.02. The fourth-order valence-electron chi connectivity index (χ4n) is 3.39. The van der Waals surface area contributed by atoms with Crippen molar-refractivity contribution in [2.45, 2.75) is 6.92 Å². The molecule has 2 heterocycles. The van der Waals surface area contributed by atoms with Crippen molar-refractivity contribution in [3.05, 3.63) is 76.8 Å². The summed E-state index contributed by atoms with van der Waals surface area (Å²) in [6, 6.07) is 15.5. The molecule has 0 saturated carbocycles. The number of nitrogens with zero attached hydrogens (tertiary/aromatic N) is 2. The van der Waals surface area contributed by atoms with E-state index in [9.17, 15) is 18.5 Å². The van der Waals surface area contributed by atoms with Crippen LogP contribution in [0, 0.1) is 11.3 Å². The lowest BCUT2D eigenvalue weighted by molar-refractivity contribution is 0.483. The summed E-state index contributed by atoms with van der Waals surface area (Å²) in [5.41, 5.74) is 2.36. The largest absolute Gasteiger partial charge is 0.455 e. The van der Waals surface area contributed by atoms with Crippen LogP contribution in [0.5, 0.6) is 11.5 Å². The molecule has 2 aromatic heterocycles. The monoisotopic (exact) mass is 448 g/mol. The van der Waals surface area contributed by atoms with Gasteiger partial charge < -0.3 is 14.3 Å². The van der Waals surface area contributed by atoms with Crippen LogP contribution in [0.15, 0.2) is 65.7 Å². The summed E-state index contributed by atoms with van der Waals surface area (Å²) in [7, 11) is -1.85. The number of aromatic amines is 1. The van der Waals surface area contributed by atoms with E-state index in [1.807, 2.05) is 0 Å². The lowest BCUT2D eigenvalue weighted by Crippen LogP contribution is -2.16. The van der Waals surface area contributed by atoms with Gasteiger partial charge in [-0.25, -0.2) is 8.42 Å². The second-order valence-corrected chi connectivity index (χ2v) is 9.16. The highest BCUT2D eigenvalue weighted by Gasteiger charge is 2.18. The first-order valence-electron chi connectivity index (χ1n) is 9.81. The quantitative estimate of drug-likeness (QED) is 0.463. The molecule has 0 radical (unpaired) electrons. The molecule has 2 aromatic carbocycles. The van der Waals surface area contributed by atoms with E-state index in [4.69, 9.17) is 4.74 Å². The second kappa shape index (κ2) is 8.24. The number of benzene rings is 2. The standard InChI is InChI=1S/C23H20N4O4S/c1-3-32(29,30)26-16-8-9-21(31-20-7-5-4-6-15(20)13-24)18(12-16)19-14-27(2)23(28)17-10-11-25-22(17)19/h4-12,14,25-26H,3H2,1-2H3. The SMILES string of the molecule is CCS(=O)(=O)Nc1ccc(Oc2ccccc2C#N)c(-c2cn(C)c(=O)c3cc[nH]c23)c1. The highest BCUT2D eigenvalue weighted by atomic mass is 32.2. The Kier molecular flexibility index (Phi) is 5.47. The number of fused-ring (bicyclic) bond motifs is 1. The smallest absolute Gasteiger partial charge is 0.259 e. The van der Waals surface area contributed by atoms with Gasteiger partial charge in [-0.15, -0.1) is 0 Å². The van der Waals surface area contributed by atoms with Crippen molar-refractivity contribution in [2.75, 3.05) is 10.5 Å². The number of pyridine rings is 1. The molecule has 0 aliphatic carbocycles. The zero-order valence-corrected chi connectivity index (χ0v) is 18.2. The minimum Gasteiger partial charge on any atom is -0.455 e. The summed E-state index contributed by atoms with van der Waals surface area (Å²) in [5.74, 6) is 0.698. The molecule has 0 spiro atoms. The molecule has 0 bridgehead atoms. The normalized spacial score (nSPS) is 11.3. The summed E-state index contributed by atoms with van der Waals surface area (Å²) >= 11 is 0. The number of rotatable bonds is 6. The fraction of sp³-hybridized carbons (Fsp3) is 0.130. The first-order valence-corrected chi connectivity index (χ1v) is 11.5. The van der Waals surface area contributed by atoms with Gasteiger partial charge in [0.05, 0.1) is 22.2 Å². The van der Waals surface area contributed by atoms with Crippen molar-refractivity contribution >= 4 is 26.6 Å². The summed E-state index contributed by atoms with van der Waals surface area (Å²) in [6.45, 7) is 1.55. The van der Waals surface area contributed by atoms with Crippen molar-refractivity contribution in [3.8, 4) is 28.7 Å². The molecule has 32 heavy (non-hydrogen) atoms. The van der Waals surface area contributed by atoms with E-state index in [1.165, 1.54) is 4.57 Å². The number of hydrogen-bond acceptors (Lipinski definition) is 5. The number of hydrogen-bond donors (Lipinski definition) is 2. The minimum atomic E-state index is -3.50. The second-order valence-electron chi connectivity index (χ2n) is 7.15. The van der Waals surface area contributed by atoms with Crippen molar-refractivity contribution in [1.82, 2.24) is 9.55 Å². The minimum absolute atomic E-state index is 0.0726. The Morgan fingerprint density at radius 2 is 1.91 bits per heavy atom. The molecule has 4 rings (SSSR count). The molecule has 0 saturated heterocycles.